The van der Waals surface area contributed by atoms with Gasteiger partial charge in [-0.15, -0.1) is 11.3 Å². The number of aromatic nitrogens is 2. The maximum atomic E-state index is 12.9. The van der Waals surface area contributed by atoms with Gasteiger partial charge in [0.1, 0.15) is 11.3 Å². The number of rotatable bonds is 4. The molecule has 31 heavy (non-hydrogen) atoms. The number of halogens is 3. The van der Waals surface area contributed by atoms with Gasteiger partial charge in [-0.3, -0.25) is 9.59 Å². The molecule has 2 aromatic carbocycles. The highest BCUT2D eigenvalue weighted by Crippen LogP contribution is 2.30. The maximum absolute atomic E-state index is 12.9. The molecule has 4 rings (SSSR count). The topological polar surface area (TPSA) is 86.9 Å². The van der Waals surface area contributed by atoms with E-state index in [1.807, 2.05) is 0 Å². The average Bonchev–Trinajstić information content (AvgIpc) is 3.32. The highest BCUT2D eigenvalue weighted by molar-refractivity contribution is 7.16. The molecule has 0 aliphatic rings. The molecule has 0 aliphatic heterocycles. The van der Waals surface area contributed by atoms with Crippen molar-refractivity contribution in [1.82, 2.24) is 9.97 Å². The summed E-state index contributed by atoms with van der Waals surface area (Å²) in [7, 11) is 0. The number of carbonyl (C=O) groups excluding carboxylic acids is 2. The second-order valence-electron chi connectivity index (χ2n) is 6.76. The Kier molecular flexibility index (Phi) is 5.24. The Morgan fingerprint density at radius 3 is 2.58 bits per heavy atom. The van der Waals surface area contributed by atoms with Crippen molar-refractivity contribution in [3.63, 3.8) is 0 Å². The lowest BCUT2D eigenvalue weighted by Gasteiger charge is -2.12. The first-order valence-electron chi connectivity index (χ1n) is 9.03. The Hall–Kier alpha value is -3.66. The number of nitrogens with one attached hydrogen (secondary N) is 3. The summed E-state index contributed by atoms with van der Waals surface area (Å²) in [5.74, 6) is -1.07. The Labute approximate surface area is 178 Å². The first-order chi connectivity index (χ1) is 14.7. The summed E-state index contributed by atoms with van der Waals surface area (Å²) >= 11 is 1.40. The van der Waals surface area contributed by atoms with Crippen molar-refractivity contribution in [2.75, 3.05) is 10.6 Å². The standard InChI is InChI=1S/C21H15F3N4O2S/c1-11-5-6-14(26-19(29)12-3-2-4-13(7-12)21(22,23)24)8-15(11)28-20(30)16-9-17-18(27-16)25-10-31-17/h2-10,27H,1H3,(H,26,29)(H,28,30). The third-order valence-corrected chi connectivity index (χ3v) is 5.34. The second-order valence-corrected chi connectivity index (χ2v) is 7.65. The Morgan fingerprint density at radius 1 is 1.03 bits per heavy atom. The number of aromatic amines is 1. The first kappa shape index (κ1) is 20.6. The molecule has 0 spiro atoms. The number of anilines is 2. The van der Waals surface area contributed by atoms with E-state index in [9.17, 15) is 22.8 Å². The SMILES string of the molecule is Cc1ccc(NC(=O)c2cccc(C(F)(F)F)c2)cc1NC(=O)c1cc2scnc2[nH]1. The minimum atomic E-state index is -4.54. The number of carbonyl (C=O) groups is 2. The number of nitrogens with zero attached hydrogens (tertiary/aromatic N) is 1. The van der Waals surface area contributed by atoms with Crippen molar-refractivity contribution >= 4 is 44.9 Å². The highest BCUT2D eigenvalue weighted by Gasteiger charge is 2.30. The molecule has 0 bridgehead atoms. The summed E-state index contributed by atoms with van der Waals surface area (Å²) in [5, 5.41) is 5.33. The van der Waals surface area contributed by atoms with Crippen LogP contribution in [0.4, 0.5) is 24.5 Å². The predicted octanol–water partition coefficient (Wildman–Crippen LogP) is 5.46. The summed E-state index contributed by atoms with van der Waals surface area (Å²) in [5.41, 5.74) is 3.13. The number of fused-ring (bicyclic) bond motifs is 1. The Morgan fingerprint density at radius 2 is 1.84 bits per heavy atom. The molecule has 0 saturated heterocycles. The lowest BCUT2D eigenvalue weighted by Crippen LogP contribution is -2.15. The van der Waals surface area contributed by atoms with Crippen LogP contribution in [0.3, 0.4) is 0 Å². The normalized spacial score (nSPS) is 11.5. The Bertz CT molecular complexity index is 1260. The van der Waals surface area contributed by atoms with Gasteiger partial charge in [0.05, 0.1) is 15.8 Å². The number of hydrogen-bond donors (Lipinski definition) is 3. The average molecular weight is 444 g/mol. The largest absolute Gasteiger partial charge is 0.416 e. The smallest absolute Gasteiger partial charge is 0.334 e. The quantitative estimate of drug-likeness (QED) is 0.391. The summed E-state index contributed by atoms with van der Waals surface area (Å²) in [6.07, 6.45) is -4.54. The molecule has 2 amide bonds. The number of H-pyrrole nitrogens is 1. The van der Waals surface area contributed by atoms with Gasteiger partial charge in [0.25, 0.3) is 11.8 Å². The van der Waals surface area contributed by atoms with Crippen LogP contribution in [-0.2, 0) is 6.18 Å². The maximum Gasteiger partial charge on any atom is 0.416 e. The third kappa shape index (κ3) is 4.43. The minimum Gasteiger partial charge on any atom is -0.334 e. The van der Waals surface area contributed by atoms with Crippen LogP contribution in [-0.4, -0.2) is 21.8 Å². The number of aryl methyl sites for hydroxylation is 1. The highest BCUT2D eigenvalue weighted by atomic mass is 32.1. The molecular formula is C21H15F3N4O2S. The van der Waals surface area contributed by atoms with Gasteiger partial charge in [-0.05, 0) is 48.9 Å². The molecule has 3 N–H and O–H groups in total. The van der Waals surface area contributed by atoms with Gasteiger partial charge in [-0.2, -0.15) is 13.2 Å². The molecule has 2 heterocycles. The van der Waals surface area contributed by atoms with Crippen LogP contribution in [0.5, 0.6) is 0 Å². The number of hydrogen-bond acceptors (Lipinski definition) is 4. The fourth-order valence-corrected chi connectivity index (χ4v) is 3.61. The molecule has 10 heteroatoms. The lowest BCUT2D eigenvalue weighted by molar-refractivity contribution is -0.137. The van der Waals surface area contributed by atoms with Gasteiger partial charge >= 0.3 is 6.18 Å². The van der Waals surface area contributed by atoms with Gasteiger partial charge in [-0.1, -0.05) is 12.1 Å². The van der Waals surface area contributed by atoms with E-state index in [4.69, 9.17) is 0 Å². The molecule has 0 unspecified atom stereocenters. The first-order valence-corrected chi connectivity index (χ1v) is 9.91. The van der Waals surface area contributed by atoms with Crippen LogP contribution in [0, 0.1) is 6.92 Å². The van der Waals surface area contributed by atoms with Crippen molar-refractivity contribution < 1.29 is 22.8 Å². The number of amides is 2. The van der Waals surface area contributed by atoms with Crippen LogP contribution >= 0.6 is 11.3 Å². The lowest BCUT2D eigenvalue weighted by atomic mass is 10.1. The van der Waals surface area contributed by atoms with Gasteiger partial charge in [0, 0.05) is 16.9 Å². The molecule has 0 fully saturated rings. The zero-order valence-electron chi connectivity index (χ0n) is 16.0. The van der Waals surface area contributed by atoms with E-state index >= 15 is 0 Å². The third-order valence-electron chi connectivity index (χ3n) is 4.56. The molecule has 0 radical (unpaired) electrons. The molecule has 2 aromatic heterocycles. The summed E-state index contributed by atoms with van der Waals surface area (Å²) in [4.78, 5) is 32.0. The van der Waals surface area contributed by atoms with Crippen molar-refractivity contribution in [2.24, 2.45) is 0 Å². The second kappa shape index (κ2) is 7.88. The van der Waals surface area contributed by atoms with Crippen LogP contribution < -0.4 is 10.6 Å². The van der Waals surface area contributed by atoms with Crippen molar-refractivity contribution in [2.45, 2.75) is 13.1 Å². The molecular weight excluding hydrogens is 429 g/mol. The molecule has 4 aromatic rings. The van der Waals surface area contributed by atoms with E-state index in [0.29, 0.717) is 22.7 Å². The van der Waals surface area contributed by atoms with E-state index in [-0.39, 0.29) is 11.5 Å². The van der Waals surface area contributed by atoms with E-state index in [2.05, 4.69) is 20.6 Å². The zero-order chi connectivity index (χ0) is 22.2. The summed E-state index contributed by atoms with van der Waals surface area (Å²) in [6, 6.07) is 10.7. The fourth-order valence-electron chi connectivity index (χ4n) is 2.93. The number of benzene rings is 2. The monoisotopic (exact) mass is 444 g/mol. The molecule has 0 saturated carbocycles. The zero-order valence-corrected chi connectivity index (χ0v) is 16.8. The van der Waals surface area contributed by atoms with Crippen LogP contribution in [0.15, 0.2) is 54.0 Å². The molecule has 158 valence electrons. The van der Waals surface area contributed by atoms with Crippen LogP contribution in [0.1, 0.15) is 32.0 Å². The van der Waals surface area contributed by atoms with E-state index in [1.54, 1.807) is 36.7 Å². The molecule has 0 atom stereocenters. The fraction of sp³-hybridized carbons (Fsp3) is 0.0952. The van der Waals surface area contributed by atoms with E-state index in [1.165, 1.54) is 23.5 Å². The van der Waals surface area contributed by atoms with Crippen molar-refractivity contribution in [3.8, 4) is 0 Å². The molecule has 0 aliphatic carbocycles. The van der Waals surface area contributed by atoms with Gasteiger partial charge in [0.2, 0.25) is 0 Å². The van der Waals surface area contributed by atoms with Crippen LogP contribution in [0.25, 0.3) is 10.3 Å². The van der Waals surface area contributed by atoms with Gasteiger partial charge in [0.15, 0.2) is 0 Å². The van der Waals surface area contributed by atoms with Gasteiger partial charge < -0.3 is 15.6 Å². The van der Waals surface area contributed by atoms with Crippen molar-refractivity contribution in [3.05, 3.63) is 76.4 Å². The van der Waals surface area contributed by atoms with Crippen molar-refractivity contribution in [1.29, 1.82) is 0 Å². The summed E-state index contributed by atoms with van der Waals surface area (Å²) < 4.78 is 39.5. The van der Waals surface area contributed by atoms with Crippen LogP contribution in [0.2, 0.25) is 0 Å². The number of alkyl halides is 3. The van der Waals surface area contributed by atoms with E-state index in [0.717, 1.165) is 22.4 Å². The summed E-state index contributed by atoms with van der Waals surface area (Å²) in [6.45, 7) is 1.78. The number of thiazole rings is 1. The van der Waals surface area contributed by atoms with Gasteiger partial charge in [-0.25, -0.2) is 4.98 Å². The minimum absolute atomic E-state index is 0.125. The molecule has 6 nitrogen and oxygen atoms in total. The predicted molar refractivity (Wildman–Crippen MR) is 113 cm³/mol. The van der Waals surface area contributed by atoms with E-state index < -0.39 is 17.6 Å². The Balaban J connectivity index is 1.51.